The van der Waals surface area contributed by atoms with E-state index in [4.69, 9.17) is 0 Å². The molecule has 0 spiro atoms. The van der Waals surface area contributed by atoms with Crippen molar-refractivity contribution >= 4 is 0 Å². The van der Waals surface area contributed by atoms with E-state index in [1.54, 1.807) is 0 Å². The molecule has 1 aliphatic carbocycles. The molecule has 0 saturated heterocycles. The zero-order valence-electron chi connectivity index (χ0n) is 9.19. The predicted molar refractivity (Wildman–Crippen MR) is 62.6 cm³/mol. The Bertz CT molecular complexity index is 319. The van der Waals surface area contributed by atoms with E-state index in [2.05, 4.69) is 35.4 Å². The van der Waals surface area contributed by atoms with Crippen LogP contribution in [0, 0.1) is 0 Å². The van der Waals surface area contributed by atoms with Crippen LogP contribution in [-0.4, -0.2) is 11.0 Å². The first-order valence-electron chi connectivity index (χ1n) is 5.70. The van der Waals surface area contributed by atoms with Crippen LogP contribution in [0.25, 0.3) is 0 Å². The third-order valence-electron chi connectivity index (χ3n) is 2.85. The molecular weight excluding hydrogens is 184 g/mol. The van der Waals surface area contributed by atoms with E-state index in [9.17, 15) is 0 Å². The fourth-order valence-electron chi connectivity index (χ4n) is 1.99. The first kappa shape index (κ1) is 10.4. The molecule has 1 unspecified atom stereocenters. The van der Waals surface area contributed by atoms with Gasteiger partial charge in [-0.25, -0.2) is 0 Å². The van der Waals surface area contributed by atoms with Gasteiger partial charge in [-0.1, -0.05) is 18.2 Å². The van der Waals surface area contributed by atoms with Gasteiger partial charge in [0.25, 0.3) is 0 Å². The Balaban J connectivity index is 1.94. The Morgan fingerprint density at radius 1 is 1.47 bits per heavy atom. The third kappa shape index (κ3) is 2.90. The summed E-state index contributed by atoms with van der Waals surface area (Å²) in [4.78, 5) is 4.36. The average Bonchev–Trinajstić information content (AvgIpc) is 2.31. The van der Waals surface area contributed by atoms with E-state index < -0.39 is 0 Å². The van der Waals surface area contributed by atoms with Crippen molar-refractivity contribution in [2.45, 2.75) is 38.3 Å². The van der Waals surface area contributed by atoms with Gasteiger partial charge in [0.05, 0.1) is 5.69 Å². The van der Waals surface area contributed by atoms with Gasteiger partial charge in [0.15, 0.2) is 0 Å². The van der Waals surface area contributed by atoms with E-state index in [0.717, 1.165) is 5.69 Å². The zero-order valence-corrected chi connectivity index (χ0v) is 9.19. The van der Waals surface area contributed by atoms with Crippen LogP contribution in [0.1, 0.15) is 37.9 Å². The quantitative estimate of drug-likeness (QED) is 0.762. The minimum absolute atomic E-state index is 0.332. The van der Waals surface area contributed by atoms with Gasteiger partial charge < -0.3 is 5.32 Å². The highest BCUT2D eigenvalue weighted by Crippen LogP contribution is 2.15. The fraction of sp³-hybridized carbons (Fsp3) is 0.462. The smallest absolute Gasteiger partial charge is 0.0570 e. The van der Waals surface area contributed by atoms with Crippen LogP contribution < -0.4 is 5.32 Å². The summed E-state index contributed by atoms with van der Waals surface area (Å²) < 4.78 is 0. The van der Waals surface area contributed by atoms with Crippen molar-refractivity contribution in [3.8, 4) is 0 Å². The van der Waals surface area contributed by atoms with Crippen molar-refractivity contribution in [1.29, 1.82) is 0 Å². The van der Waals surface area contributed by atoms with Crippen molar-refractivity contribution in [2.24, 2.45) is 0 Å². The molecule has 0 fully saturated rings. The molecule has 2 nitrogen and oxygen atoms in total. The average molecular weight is 202 g/mol. The third-order valence-corrected chi connectivity index (χ3v) is 2.85. The second-order valence-corrected chi connectivity index (χ2v) is 4.11. The maximum Gasteiger partial charge on any atom is 0.0570 e. The number of rotatable bonds is 3. The van der Waals surface area contributed by atoms with Crippen LogP contribution in [0.15, 0.2) is 36.5 Å². The minimum atomic E-state index is 0.332. The van der Waals surface area contributed by atoms with Gasteiger partial charge in [0.1, 0.15) is 0 Å². The zero-order chi connectivity index (χ0) is 10.5. The Morgan fingerprint density at radius 2 is 2.40 bits per heavy atom. The molecule has 2 rings (SSSR count). The van der Waals surface area contributed by atoms with Crippen molar-refractivity contribution in [3.05, 3.63) is 42.2 Å². The molecule has 0 aliphatic heterocycles. The van der Waals surface area contributed by atoms with Crippen LogP contribution >= 0.6 is 0 Å². The summed E-state index contributed by atoms with van der Waals surface area (Å²) in [5, 5.41) is 3.59. The van der Waals surface area contributed by atoms with Crippen LogP contribution in [-0.2, 0) is 0 Å². The molecule has 0 amide bonds. The number of aromatic nitrogens is 1. The molecule has 15 heavy (non-hydrogen) atoms. The lowest BCUT2D eigenvalue weighted by atomic mass is 10.0. The Kier molecular flexibility index (Phi) is 3.51. The van der Waals surface area contributed by atoms with Crippen LogP contribution in [0.2, 0.25) is 0 Å². The summed E-state index contributed by atoms with van der Waals surface area (Å²) in [6.45, 7) is 2.17. The monoisotopic (exact) mass is 202 g/mol. The molecule has 1 N–H and O–H groups in total. The van der Waals surface area contributed by atoms with E-state index in [0.29, 0.717) is 12.1 Å². The predicted octanol–water partition coefficient (Wildman–Crippen LogP) is 2.84. The summed E-state index contributed by atoms with van der Waals surface area (Å²) in [7, 11) is 0. The summed E-state index contributed by atoms with van der Waals surface area (Å²) in [6.07, 6.45) is 10.2. The van der Waals surface area contributed by atoms with Gasteiger partial charge in [-0.3, -0.25) is 4.98 Å². The first-order valence-corrected chi connectivity index (χ1v) is 5.70. The maximum atomic E-state index is 4.36. The largest absolute Gasteiger partial charge is 0.303 e. The summed E-state index contributed by atoms with van der Waals surface area (Å²) in [5.74, 6) is 0. The number of allylic oxidation sites excluding steroid dienone is 1. The molecule has 0 radical (unpaired) electrons. The van der Waals surface area contributed by atoms with Gasteiger partial charge >= 0.3 is 0 Å². The van der Waals surface area contributed by atoms with E-state index in [1.165, 1.54) is 19.3 Å². The molecule has 1 aliphatic rings. The molecule has 1 aromatic rings. The van der Waals surface area contributed by atoms with Gasteiger partial charge in [-0.05, 0) is 38.3 Å². The first-order chi connectivity index (χ1) is 7.36. The molecule has 0 bridgehead atoms. The number of hydrogen-bond acceptors (Lipinski definition) is 2. The molecule has 2 heteroatoms. The highest BCUT2D eigenvalue weighted by atomic mass is 15.0. The molecule has 1 aromatic heterocycles. The SMILES string of the molecule is C[C@@H](NC1C=CCCC1)c1ccccn1. The highest BCUT2D eigenvalue weighted by molar-refractivity contribution is 5.09. The minimum Gasteiger partial charge on any atom is -0.303 e. The number of nitrogens with one attached hydrogen (secondary N) is 1. The highest BCUT2D eigenvalue weighted by Gasteiger charge is 2.12. The summed E-state index contributed by atoms with van der Waals surface area (Å²) in [6, 6.07) is 6.92. The molecule has 1 heterocycles. The number of nitrogens with zero attached hydrogens (tertiary/aromatic N) is 1. The van der Waals surface area contributed by atoms with Gasteiger partial charge in [-0.2, -0.15) is 0 Å². The normalized spacial score (nSPS) is 22.6. The fourth-order valence-corrected chi connectivity index (χ4v) is 1.99. The number of hydrogen-bond donors (Lipinski definition) is 1. The van der Waals surface area contributed by atoms with E-state index >= 15 is 0 Å². The standard InChI is InChI=1S/C13H18N2/c1-11(13-9-5-6-10-14-13)15-12-7-3-2-4-8-12/h3,5-7,9-12,15H,2,4,8H2,1H3/t11-,12?/m1/s1. The van der Waals surface area contributed by atoms with Crippen molar-refractivity contribution < 1.29 is 0 Å². The second-order valence-electron chi connectivity index (χ2n) is 4.11. The summed E-state index contributed by atoms with van der Waals surface area (Å²) in [5.41, 5.74) is 1.12. The summed E-state index contributed by atoms with van der Waals surface area (Å²) >= 11 is 0. The molecule has 80 valence electrons. The van der Waals surface area contributed by atoms with Crippen LogP contribution in [0.3, 0.4) is 0 Å². The van der Waals surface area contributed by atoms with E-state index in [1.807, 2.05) is 18.3 Å². The number of pyridine rings is 1. The lowest BCUT2D eigenvalue weighted by Gasteiger charge is -2.22. The lowest BCUT2D eigenvalue weighted by Crippen LogP contribution is -2.31. The molecule has 0 aromatic carbocycles. The topological polar surface area (TPSA) is 24.9 Å². The maximum absolute atomic E-state index is 4.36. The van der Waals surface area contributed by atoms with Crippen molar-refractivity contribution in [1.82, 2.24) is 10.3 Å². The Labute approximate surface area is 91.4 Å². The van der Waals surface area contributed by atoms with Crippen molar-refractivity contribution in [2.75, 3.05) is 0 Å². The Hall–Kier alpha value is -1.15. The van der Waals surface area contributed by atoms with Gasteiger partial charge in [0.2, 0.25) is 0 Å². The molecule has 2 atom stereocenters. The van der Waals surface area contributed by atoms with Crippen molar-refractivity contribution in [3.63, 3.8) is 0 Å². The Morgan fingerprint density at radius 3 is 3.07 bits per heavy atom. The van der Waals surface area contributed by atoms with Gasteiger partial charge in [0, 0.05) is 18.3 Å². The van der Waals surface area contributed by atoms with Crippen LogP contribution in [0.4, 0.5) is 0 Å². The van der Waals surface area contributed by atoms with E-state index in [-0.39, 0.29) is 0 Å². The van der Waals surface area contributed by atoms with Crippen LogP contribution in [0.5, 0.6) is 0 Å². The lowest BCUT2D eigenvalue weighted by molar-refractivity contribution is 0.461. The second kappa shape index (κ2) is 5.08. The molecular formula is C13H18N2. The van der Waals surface area contributed by atoms with Gasteiger partial charge in [-0.15, -0.1) is 0 Å². The molecule has 0 saturated carbocycles.